The van der Waals surface area contributed by atoms with E-state index in [0.717, 1.165) is 16.3 Å². The van der Waals surface area contributed by atoms with Crippen LogP contribution in [0.25, 0.3) is 21.8 Å². The highest BCUT2D eigenvalue weighted by Gasteiger charge is 2.29. The van der Waals surface area contributed by atoms with Gasteiger partial charge in [0.25, 0.3) is 15.8 Å². The third kappa shape index (κ3) is 3.62. The molecule has 0 N–H and O–H groups in total. The summed E-state index contributed by atoms with van der Waals surface area (Å²) in [5, 5.41) is 6.00. The topological polar surface area (TPSA) is 102 Å². The Balaban J connectivity index is 1.64. The van der Waals surface area contributed by atoms with Gasteiger partial charge in [0.1, 0.15) is 5.52 Å². The highest BCUT2D eigenvalue weighted by molar-refractivity contribution is 7.86. The van der Waals surface area contributed by atoms with E-state index in [1.54, 1.807) is 20.4 Å². The summed E-state index contributed by atoms with van der Waals surface area (Å²) >= 11 is 0. The van der Waals surface area contributed by atoms with E-state index in [0.29, 0.717) is 49.9 Å². The molecule has 3 heterocycles. The van der Waals surface area contributed by atoms with Gasteiger partial charge in [0, 0.05) is 64.2 Å². The van der Waals surface area contributed by atoms with E-state index in [1.807, 2.05) is 28.6 Å². The molecule has 1 saturated heterocycles. The van der Waals surface area contributed by atoms with E-state index >= 15 is 0 Å². The van der Waals surface area contributed by atoms with E-state index in [9.17, 15) is 13.2 Å². The predicted molar refractivity (Wildman–Crippen MR) is 121 cm³/mol. The maximum absolute atomic E-state index is 13.3. The first-order valence-corrected chi connectivity index (χ1v) is 11.6. The number of ether oxygens (including phenoxy) is 2. The average molecular weight is 465 g/mol. The molecule has 4 rings (SSSR count). The van der Waals surface area contributed by atoms with Gasteiger partial charge in [0.15, 0.2) is 11.5 Å². The molecular weight excluding hydrogens is 436 g/mol. The molecule has 0 unspecified atom stereocenters. The largest absolute Gasteiger partial charge is 0.493 e. The number of piperazine rings is 1. The lowest BCUT2D eigenvalue weighted by atomic mass is 10.2. The fourth-order valence-corrected chi connectivity index (χ4v) is 5.19. The van der Waals surface area contributed by atoms with Crippen LogP contribution >= 0.6 is 0 Å². The maximum Gasteiger partial charge on any atom is 0.292 e. The molecule has 3 aromatic rings. The van der Waals surface area contributed by atoms with Crippen LogP contribution in [0.4, 0.5) is 0 Å². The van der Waals surface area contributed by atoms with Crippen molar-refractivity contribution in [3.8, 4) is 11.5 Å². The highest BCUT2D eigenvalue weighted by atomic mass is 32.2. The van der Waals surface area contributed by atoms with Gasteiger partial charge < -0.3 is 14.0 Å². The third-order valence-electron chi connectivity index (χ3n) is 5.96. The summed E-state index contributed by atoms with van der Waals surface area (Å²) in [6, 6.07) is 3.70. The number of methoxy groups -OCH3 is 2. The van der Waals surface area contributed by atoms with E-state index in [1.165, 1.54) is 27.4 Å². The Morgan fingerprint density at radius 1 is 1.03 bits per heavy atom. The first-order valence-electron chi connectivity index (χ1n) is 10.2. The van der Waals surface area contributed by atoms with Crippen LogP contribution in [-0.4, -0.2) is 90.8 Å². The summed E-state index contributed by atoms with van der Waals surface area (Å²) < 4.78 is 41.4. The lowest BCUT2D eigenvalue weighted by molar-refractivity contribution is 0.140. The number of hydrogen-bond acceptors (Lipinski definition) is 7. The van der Waals surface area contributed by atoms with Crippen molar-refractivity contribution in [1.82, 2.24) is 27.9 Å². The van der Waals surface area contributed by atoms with Crippen molar-refractivity contribution in [3.63, 3.8) is 0 Å². The highest BCUT2D eigenvalue weighted by Crippen LogP contribution is 2.36. The number of benzene rings is 1. The van der Waals surface area contributed by atoms with Gasteiger partial charge in [-0.3, -0.25) is 9.69 Å². The zero-order valence-electron chi connectivity index (χ0n) is 18.9. The molecule has 0 bridgehead atoms. The summed E-state index contributed by atoms with van der Waals surface area (Å²) in [6.45, 7) is 2.06. The van der Waals surface area contributed by atoms with Crippen LogP contribution in [-0.2, 0) is 23.9 Å². The molecular formula is C20H28N6O5S. The number of hydrogen-bond donors (Lipinski definition) is 0. The van der Waals surface area contributed by atoms with Crippen molar-refractivity contribution in [2.75, 3.05) is 54.5 Å². The van der Waals surface area contributed by atoms with Gasteiger partial charge >= 0.3 is 0 Å². The van der Waals surface area contributed by atoms with Crippen LogP contribution in [0.5, 0.6) is 11.5 Å². The van der Waals surface area contributed by atoms with Crippen molar-refractivity contribution < 1.29 is 17.9 Å². The van der Waals surface area contributed by atoms with Crippen molar-refractivity contribution in [3.05, 3.63) is 28.7 Å². The van der Waals surface area contributed by atoms with Crippen LogP contribution in [0.2, 0.25) is 0 Å². The van der Waals surface area contributed by atoms with Crippen molar-refractivity contribution in [1.29, 1.82) is 0 Å². The van der Waals surface area contributed by atoms with Gasteiger partial charge in [0.2, 0.25) is 0 Å². The Bertz CT molecular complexity index is 1320. The van der Waals surface area contributed by atoms with Crippen molar-refractivity contribution in [2.45, 2.75) is 6.67 Å². The second-order valence-corrected chi connectivity index (χ2v) is 10.1. The zero-order chi connectivity index (χ0) is 23.2. The minimum Gasteiger partial charge on any atom is -0.493 e. The van der Waals surface area contributed by atoms with Crippen LogP contribution < -0.4 is 15.0 Å². The summed E-state index contributed by atoms with van der Waals surface area (Å²) in [4.78, 5) is 15.3. The lowest BCUT2D eigenvalue weighted by Gasteiger charge is -2.34. The van der Waals surface area contributed by atoms with Crippen molar-refractivity contribution in [2.24, 2.45) is 7.05 Å². The molecule has 174 valence electrons. The predicted octanol–water partition coefficient (Wildman–Crippen LogP) is 0.287. The quantitative estimate of drug-likeness (QED) is 0.517. The molecule has 11 nitrogen and oxygen atoms in total. The van der Waals surface area contributed by atoms with Crippen LogP contribution in [0.15, 0.2) is 23.1 Å². The molecule has 0 aliphatic carbocycles. The summed E-state index contributed by atoms with van der Waals surface area (Å²) in [5.41, 5.74) is 1.18. The van der Waals surface area contributed by atoms with Crippen LogP contribution in [0.3, 0.4) is 0 Å². The number of nitrogens with zero attached hydrogens (tertiary/aromatic N) is 6. The Hall–Kier alpha value is -2.67. The van der Waals surface area contributed by atoms with E-state index < -0.39 is 10.2 Å². The van der Waals surface area contributed by atoms with Crippen LogP contribution in [0, 0.1) is 0 Å². The molecule has 2 aromatic heterocycles. The third-order valence-corrected chi connectivity index (χ3v) is 7.90. The van der Waals surface area contributed by atoms with Gasteiger partial charge in [-0.15, -0.1) is 0 Å². The maximum atomic E-state index is 13.3. The average Bonchev–Trinajstić information content (AvgIpc) is 3.06. The SMILES string of the molecule is COc1cc2c3cnn(CN4CCN(S(=O)(=O)N(C)C)CC4)c(=O)c3n(C)c2cc1OC. The molecule has 0 radical (unpaired) electrons. The Morgan fingerprint density at radius 3 is 2.25 bits per heavy atom. The smallest absolute Gasteiger partial charge is 0.292 e. The van der Waals surface area contributed by atoms with Crippen LogP contribution in [0.1, 0.15) is 0 Å². The molecule has 0 spiro atoms. The molecule has 0 saturated carbocycles. The van der Waals surface area contributed by atoms with Gasteiger partial charge in [0.05, 0.1) is 32.6 Å². The number of fused-ring (bicyclic) bond motifs is 3. The fraction of sp³-hybridized carbons (Fsp3) is 0.500. The Kier molecular flexibility index (Phi) is 5.88. The van der Waals surface area contributed by atoms with E-state index in [2.05, 4.69) is 5.10 Å². The molecule has 1 aromatic carbocycles. The van der Waals surface area contributed by atoms with E-state index in [4.69, 9.17) is 9.47 Å². The van der Waals surface area contributed by atoms with Gasteiger partial charge in [-0.25, -0.2) is 4.68 Å². The number of aromatic nitrogens is 3. The summed E-state index contributed by atoms with van der Waals surface area (Å²) in [7, 11) is 4.60. The molecule has 0 amide bonds. The van der Waals surface area contributed by atoms with Gasteiger partial charge in [-0.05, 0) is 6.07 Å². The number of aryl methyl sites for hydroxylation is 1. The number of rotatable bonds is 6. The molecule has 32 heavy (non-hydrogen) atoms. The molecule has 1 aliphatic heterocycles. The summed E-state index contributed by atoms with van der Waals surface area (Å²) in [5.74, 6) is 1.17. The first kappa shape index (κ1) is 22.5. The first-order chi connectivity index (χ1) is 15.2. The second-order valence-electron chi connectivity index (χ2n) is 7.94. The summed E-state index contributed by atoms with van der Waals surface area (Å²) in [6.07, 6.45) is 1.69. The molecule has 1 fully saturated rings. The molecule has 1 aliphatic rings. The molecule has 12 heteroatoms. The standard InChI is InChI=1S/C20H28N6O5S/c1-22(2)32(28,29)25-8-6-24(7-9-25)13-26-20(27)19-15(12-21-26)14-10-17(30-4)18(31-5)11-16(14)23(19)3/h10-12H,6-9,13H2,1-5H3. The second kappa shape index (κ2) is 8.35. The molecule has 0 atom stereocenters. The Morgan fingerprint density at radius 2 is 1.66 bits per heavy atom. The normalized spacial score (nSPS) is 16.3. The van der Waals surface area contributed by atoms with E-state index in [-0.39, 0.29) is 5.56 Å². The minimum absolute atomic E-state index is 0.206. The zero-order valence-corrected chi connectivity index (χ0v) is 19.7. The van der Waals surface area contributed by atoms with Crippen molar-refractivity contribution >= 4 is 32.0 Å². The Labute approximate surface area is 186 Å². The minimum atomic E-state index is -3.43. The van der Waals surface area contributed by atoms with Gasteiger partial charge in [-0.2, -0.15) is 22.1 Å². The lowest BCUT2D eigenvalue weighted by Crippen LogP contribution is -2.52. The van der Waals surface area contributed by atoms with Gasteiger partial charge in [-0.1, -0.05) is 0 Å². The monoisotopic (exact) mass is 464 g/mol. The fourth-order valence-electron chi connectivity index (χ4n) is 4.10.